The van der Waals surface area contributed by atoms with Crippen molar-refractivity contribution in [2.45, 2.75) is 13.5 Å². The van der Waals surface area contributed by atoms with Crippen LogP contribution in [-0.2, 0) is 17.4 Å². The summed E-state index contributed by atoms with van der Waals surface area (Å²) in [5.74, 6) is -0.810. The number of rotatable bonds is 6. The molecule has 6 nitrogen and oxygen atoms in total. The number of thiol groups is 1. The van der Waals surface area contributed by atoms with Gasteiger partial charge in [0, 0.05) is 24.5 Å². The SMILES string of the molecule is Cc1ccc(C(=O)NCc2cccnc2)cc1N(c1ccc(F)cc1)[SH](=O)=O. The zero-order chi connectivity index (χ0) is 20.1. The topological polar surface area (TPSA) is 79.4 Å². The van der Waals surface area contributed by atoms with Crippen LogP contribution in [0.15, 0.2) is 67.0 Å². The van der Waals surface area contributed by atoms with Gasteiger partial charge in [-0.3, -0.25) is 9.78 Å². The second kappa shape index (κ2) is 8.62. The van der Waals surface area contributed by atoms with E-state index >= 15 is 0 Å². The maximum Gasteiger partial charge on any atom is 0.251 e. The average molecular weight is 399 g/mol. The van der Waals surface area contributed by atoms with Crippen LogP contribution in [-0.4, -0.2) is 19.3 Å². The lowest BCUT2D eigenvalue weighted by molar-refractivity contribution is 0.0951. The Morgan fingerprint density at radius 2 is 1.89 bits per heavy atom. The number of halogens is 1. The molecular weight excluding hydrogens is 381 g/mol. The highest BCUT2D eigenvalue weighted by Crippen LogP contribution is 2.29. The predicted molar refractivity (Wildman–Crippen MR) is 105 cm³/mol. The van der Waals surface area contributed by atoms with Crippen LogP contribution in [0.4, 0.5) is 15.8 Å². The van der Waals surface area contributed by atoms with E-state index in [1.807, 2.05) is 6.07 Å². The number of aromatic nitrogens is 1. The van der Waals surface area contributed by atoms with E-state index in [9.17, 15) is 17.6 Å². The summed E-state index contributed by atoms with van der Waals surface area (Å²) in [6, 6.07) is 13.5. The first-order valence-electron chi connectivity index (χ1n) is 8.43. The van der Waals surface area contributed by atoms with Crippen molar-refractivity contribution in [1.29, 1.82) is 0 Å². The summed E-state index contributed by atoms with van der Waals surface area (Å²) < 4.78 is 38.0. The minimum atomic E-state index is -3.05. The van der Waals surface area contributed by atoms with Gasteiger partial charge in [-0.05, 0) is 60.5 Å². The lowest BCUT2D eigenvalue weighted by Crippen LogP contribution is -2.23. The second-order valence-corrected chi connectivity index (χ2v) is 6.95. The normalized spacial score (nSPS) is 10.7. The monoisotopic (exact) mass is 399 g/mol. The molecule has 1 N–H and O–H groups in total. The van der Waals surface area contributed by atoms with E-state index in [4.69, 9.17) is 0 Å². The minimum Gasteiger partial charge on any atom is -0.348 e. The van der Waals surface area contributed by atoms with Crippen LogP contribution < -0.4 is 9.62 Å². The average Bonchev–Trinajstić information content (AvgIpc) is 2.70. The highest BCUT2D eigenvalue weighted by atomic mass is 32.2. The zero-order valence-electron chi connectivity index (χ0n) is 15.0. The Hall–Kier alpha value is -3.26. The molecule has 0 unspecified atom stereocenters. The van der Waals surface area contributed by atoms with Crippen molar-refractivity contribution in [2.24, 2.45) is 0 Å². The summed E-state index contributed by atoms with van der Waals surface area (Å²) >= 11 is 0. The molecule has 28 heavy (non-hydrogen) atoms. The summed E-state index contributed by atoms with van der Waals surface area (Å²) in [6.45, 7) is 2.04. The Morgan fingerprint density at radius 3 is 2.54 bits per heavy atom. The first-order valence-corrected chi connectivity index (χ1v) is 9.56. The van der Waals surface area contributed by atoms with Crippen LogP contribution in [0.25, 0.3) is 0 Å². The summed E-state index contributed by atoms with van der Waals surface area (Å²) in [6.07, 6.45) is 3.30. The highest BCUT2D eigenvalue weighted by molar-refractivity contribution is 7.74. The Balaban J connectivity index is 1.89. The standard InChI is InChI=1S/C20H18FN3O3S/c1-14-4-5-16(20(25)23-13-15-3-2-10-22-12-15)11-19(14)24(28(26)27)18-8-6-17(21)7-9-18/h2-12,28H,13H2,1H3,(H,23,25). The lowest BCUT2D eigenvalue weighted by atomic mass is 10.1. The van der Waals surface area contributed by atoms with E-state index in [0.717, 1.165) is 9.87 Å². The van der Waals surface area contributed by atoms with Crippen LogP contribution in [0.5, 0.6) is 0 Å². The number of nitrogens with one attached hydrogen (secondary N) is 1. The number of amides is 1. The summed E-state index contributed by atoms with van der Waals surface area (Å²) in [7, 11) is -3.05. The Bertz CT molecular complexity index is 1050. The minimum absolute atomic E-state index is 0.286. The van der Waals surface area contributed by atoms with E-state index in [0.29, 0.717) is 23.4 Å². The van der Waals surface area contributed by atoms with Crippen molar-refractivity contribution >= 4 is 28.2 Å². The molecule has 0 fully saturated rings. The van der Waals surface area contributed by atoms with Crippen LogP contribution in [0.2, 0.25) is 0 Å². The van der Waals surface area contributed by atoms with Crippen molar-refractivity contribution in [3.05, 3.63) is 89.5 Å². The largest absolute Gasteiger partial charge is 0.348 e. The number of nitrogens with zero attached hydrogens (tertiary/aromatic N) is 2. The highest BCUT2D eigenvalue weighted by Gasteiger charge is 2.17. The molecule has 0 spiro atoms. The van der Waals surface area contributed by atoms with Gasteiger partial charge in [0.1, 0.15) is 5.82 Å². The molecule has 2 aromatic carbocycles. The van der Waals surface area contributed by atoms with E-state index in [1.165, 1.54) is 30.3 Å². The van der Waals surface area contributed by atoms with Crippen LogP contribution in [0.1, 0.15) is 21.5 Å². The zero-order valence-corrected chi connectivity index (χ0v) is 15.9. The molecular formula is C20H18FN3O3S. The van der Waals surface area contributed by atoms with Crippen molar-refractivity contribution in [3.63, 3.8) is 0 Å². The van der Waals surface area contributed by atoms with Gasteiger partial charge in [-0.1, -0.05) is 12.1 Å². The molecule has 0 aliphatic heterocycles. The van der Waals surface area contributed by atoms with Gasteiger partial charge in [-0.2, -0.15) is 0 Å². The molecule has 8 heteroatoms. The number of carbonyl (C=O) groups excluding carboxylic acids is 1. The van der Waals surface area contributed by atoms with Gasteiger partial charge in [0.2, 0.25) is 10.9 Å². The molecule has 0 radical (unpaired) electrons. The maximum atomic E-state index is 13.2. The van der Waals surface area contributed by atoms with Crippen LogP contribution in [0, 0.1) is 12.7 Å². The van der Waals surface area contributed by atoms with Gasteiger partial charge in [0.05, 0.1) is 11.4 Å². The van der Waals surface area contributed by atoms with Gasteiger partial charge in [-0.25, -0.2) is 17.1 Å². The van der Waals surface area contributed by atoms with E-state index in [2.05, 4.69) is 10.3 Å². The molecule has 1 heterocycles. The number of benzene rings is 2. The molecule has 1 aromatic heterocycles. The van der Waals surface area contributed by atoms with Gasteiger partial charge >= 0.3 is 0 Å². The van der Waals surface area contributed by atoms with E-state index < -0.39 is 16.7 Å². The maximum absolute atomic E-state index is 13.2. The fourth-order valence-corrected chi connectivity index (χ4v) is 3.38. The molecule has 0 atom stereocenters. The molecule has 1 amide bonds. The van der Waals surface area contributed by atoms with Crippen LogP contribution in [0.3, 0.4) is 0 Å². The van der Waals surface area contributed by atoms with Crippen molar-refractivity contribution < 1.29 is 17.6 Å². The van der Waals surface area contributed by atoms with Gasteiger partial charge < -0.3 is 5.32 Å². The molecule has 0 saturated heterocycles. The lowest BCUT2D eigenvalue weighted by Gasteiger charge is -2.20. The number of hydrogen-bond donors (Lipinski definition) is 2. The van der Waals surface area contributed by atoms with E-state index in [1.54, 1.807) is 37.5 Å². The van der Waals surface area contributed by atoms with Crippen molar-refractivity contribution in [2.75, 3.05) is 4.31 Å². The number of pyridine rings is 1. The first kappa shape index (κ1) is 19.5. The smallest absolute Gasteiger partial charge is 0.251 e. The third kappa shape index (κ3) is 4.52. The Morgan fingerprint density at radius 1 is 1.14 bits per heavy atom. The number of carbonyl (C=O) groups is 1. The molecule has 0 aliphatic rings. The predicted octanol–water partition coefficient (Wildman–Crippen LogP) is 3.12. The summed E-state index contributed by atoms with van der Waals surface area (Å²) in [4.78, 5) is 16.5. The Labute approximate surface area is 163 Å². The molecule has 0 aliphatic carbocycles. The number of anilines is 2. The molecule has 0 bridgehead atoms. The van der Waals surface area contributed by atoms with Crippen molar-refractivity contribution in [1.82, 2.24) is 10.3 Å². The summed E-state index contributed by atoms with van der Waals surface area (Å²) in [5, 5.41) is 2.78. The molecule has 0 saturated carbocycles. The molecule has 3 aromatic rings. The summed E-state index contributed by atoms with van der Waals surface area (Å²) in [5.41, 5.74) is 2.44. The third-order valence-electron chi connectivity index (χ3n) is 4.11. The first-order chi connectivity index (χ1) is 13.5. The fourth-order valence-electron chi connectivity index (χ4n) is 2.67. The van der Waals surface area contributed by atoms with Gasteiger partial charge in [0.15, 0.2) is 0 Å². The molecule has 3 rings (SSSR count). The van der Waals surface area contributed by atoms with E-state index in [-0.39, 0.29) is 11.6 Å². The molecule has 144 valence electrons. The number of hydrogen-bond acceptors (Lipinski definition) is 4. The second-order valence-electron chi connectivity index (χ2n) is 6.07. The van der Waals surface area contributed by atoms with Gasteiger partial charge in [-0.15, -0.1) is 0 Å². The fraction of sp³-hybridized carbons (Fsp3) is 0.100. The van der Waals surface area contributed by atoms with Crippen molar-refractivity contribution in [3.8, 4) is 0 Å². The number of aryl methyl sites for hydroxylation is 1. The van der Waals surface area contributed by atoms with Gasteiger partial charge in [0.25, 0.3) is 5.91 Å². The quantitative estimate of drug-likeness (QED) is 0.624. The Kier molecular flexibility index (Phi) is 6.00. The third-order valence-corrected chi connectivity index (χ3v) is 4.88. The van der Waals surface area contributed by atoms with Crippen LogP contribution >= 0.6 is 0 Å².